The first-order valence-electron chi connectivity index (χ1n) is 8.81. The molecule has 25 heavy (non-hydrogen) atoms. The van der Waals surface area contributed by atoms with Gasteiger partial charge in [-0.25, -0.2) is 4.79 Å². The molecule has 0 unspecified atom stereocenters. The Hall–Kier alpha value is -2.37. The molecule has 6 nitrogen and oxygen atoms in total. The maximum atomic E-state index is 12.7. The van der Waals surface area contributed by atoms with Gasteiger partial charge in [-0.3, -0.25) is 9.59 Å². The van der Waals surface area contributed by atoms with E-state index in [9.17, 15) is 14.4 Å². The van der Waals surface area contributed by atoms with Crippen molar-refractivity contribution in [3.63, 3.8) is 0 Å². The molecule has 0 spiro atoms. The molecule has 1 aromatic carbocycles. The van der Waals surface area contributed by atoms with Crippen LogP contribution < -0.4 is 4.90 Å². The summed E-state index contributed by atoms with van der Waals surface area (Å²) in [5, 5.41) is 0. The lowest BCUT2D eigenvalue weighted by Gasteiger charge is -2.32. The van der Waals surface area contributed by atoms with Crippen molar-refractivity contribution in [1.29, 1.82) is 0 Å². The second-order valence-electron chi connectivity index (χ2n) is 6.68. The molecule has 2 amide bonds. The Balaban J connectivity index is 1.77. The number of benzene rings is 1. The van der Waals surface area contributed by atoms with Gasteiger partial charge in [0.25, 0.3) is 0 Å². The molecule has 0 aromatic heterocycles. The van der Waals surface area contributed by atoms with Crippen molar-refractivity contribution >= 4 is 23.5 Å². The molecule has 2 aliphatic heterocycles. The summed E-state index contributed by atoms with van der Waals surface area (Å²) in [6, 6.07) is 3.61. The number of carbonyl (C=O) groups excluding carboxylic acids is 3. The van der Waals surface area contributed by atoms with Gasteiger partial charge in [-0.15, -0.1) is 0 Å². The Kier molecular flexibility index (Phi) is 5.06. The Bertz CT molecular complexity index is 714. The highest BCUT2D eigenvalue weighted by Gasteiger charge is 2.27. The van der Waals surface area contributed by atoms with Crippen molar-refractivity contribution in [2.45, 2.75) is 39.0 Å². The quantitative estimate of drug-likeness (QED) is 0.784. The molecule has 1 aromatic rings. The summed E-state index contributed by atoms with van der Waals surface area (Å²) in [6.07, 6.45) is 3.52. The summed E-state index contributed by atoms with van der Waals surface area (Å²) in [6.45, 7) is 3.84. The molecule has 0 aliphatic carbocycles. The van der Waals surface area contributed by atoms with Crippen molar-refractivity contribution in [3.8, 4) is 0 Å². The number of likely N-dealkylation sites (tertiary alicyclic amines) is 1. The zero-order valence-electron chi connectivity index (χ0n) is 14.8. The second kappa shape index (κ2) is 7.25. The minimum absolute atomic E-state index is 0.0366. The third-order valence-electron chi connectivity index (χ3n) is 4.97. The van der Waals surface area contributed by atoms with Crippen LogP contribution in [-0.2, 0) is 20.7 Å². The minimum Gasteiger partial charge on any atom is -0.465 e. The van der Waals surface area contributed by atoms with Gasteiger partial charge in [-0.05, 0) is 49.4 Å². The van der Waals surface area contributed by atoms with Crippen LogP contribution in [0.25, 0.3) is 0 Å². The predicted octanol–water partition coefficient (Wildman–Crippen LogP) is 2.07. The SMILES string of the molecule is COC(=O)c1cc(C)c2c(c1)CCCN2C(=O)CCN1CCCC1=O. The third-order valence-corrected chi connectivity index (χ3v) is 4.97. The zero-order chi connectivity index (χ0) is 18.0. The van der Waals surface area contributed by atoms with E-state index in [1.54, 1.807) is 11.0 Å². The van der Waals surface area contributed by atoms with Gasteiger partial charge < -0.3 is 14.5 Å². The molecule has 2 aliphatic rings. The van der Waals surface area contributed by atoms with Gasteiger partial charge >= 0.3 is 5.97 Å². The van der Waals surface area contributed by atoms with E-state index in [1.807, 2.05) is 17.9 Å². The smallest absolute Gasteiger partial charge is 0.337 e. The fourth-order valence-corrected chi connectivity index (χ4v) is 3.76. The summed E-state index contributed by atoms with van der Waals surface area (Å²) in [7, 11) is 1.37. The van der Waals surface area contributed by atoms with E-state index >= 15 is 0 Å². The van der Waals surface area contributed by atoms with Crippen LogP contribution in [0.3, 0.4) is 0 Å². The second-order valence-corrected chi connectivity index (χ2v) is 6.68. The Morgan fingerprint density at radius 1 is 1.16 bits per heavy atom. The van der Waals surface area contributed by atoms with Crippen LogP contribution >= 0.6 is 0 Å². The zero-order valence-corrected chi connectivity index (χ0v) is 14.8. The average Bonchev–Trinajstić information content (AvgIpc) is 3.03. The number of nitrogens with zero attached hydrogens (tertiary/aromatic N) is 2. The van der Waals surface area contributed by atoms with Gasteiger partial charge in [0, 0.05) is 38.2 Å². The van der Waals surface area contributed by atoms with E-state index in [4.69, 9.17) is 4.74 Å². The maximum Gasteiger partial charge on any atom is 0.337 e. The number of amides is 2. The molecule has 2 heterocycles. The topological polar surface area (TPSA) is 66.9 Å². The molecule has 3 rings (SSSR count). The number of ether oxygens (including phenoxy) is 1. The lowest BCUT2D eigenvalue weighted by Crippen LogP contribution is -2.38. The highest BCUT2D eigenvalue weighted by atomic mass is 16.5. The number of aryl methyl sites for hydroxylation is 2. The monoisotopic (exact) mass is 344 g/mol. The normalized spacial score (nSPS) is 16.8. The number of methoxy groups -OCH3 is 1. The van der Waals surface area contributed by atoms with E-state index in [1.165, 1.54) is 7.11 Å². The molecular formula is C19H24N2O4. The van der Waals surface area contributed by atoms with Crippen LogP contribution in [0, 0.1) is 6.92 Å². The summed E-state index contributed by atoms with van der Waals surface area (Å²) in [4.78, 5) is 39.8. The highest BCUT2D eigenvalue weighted by molar-refractivity contribution is 5.97. The van der Waals surface area contributed by atoms with E-state index in [0.29, 0.717) is 31.5 Å². The summed E-state index contributed by atoms with van der Waals surface area (Å²) in [5.74, 6) is -0.179. The Morgan fingerprint density at radius 2 is 1.92 bits per heavy atom. The molecule has 0 bridgehead atoms. The number of carbonyl (C=O) groups is 3. The molecule has 0 saturated carbocycles. The lowest BCUT2D eigenvalue weighted by molar-refractivity contribution is -0.128. The summed E-state index contributed by atoms with van der Waals surface area (Å²) < 4.78 is 4.81. The first kappa shape index (κ1) is 17.5. The van der Waals surface area contributed by atoms with Crippen LogP contribution in [0.15, 0.2) is 12.1 Å². The Morgan fingerprint density at radius 3 is 2.60 bits per heavy atom. The van der Waals surface area contributed by atoms with Gasteiger partial charge in [0.15, 0.2) is 0 Å². The van der Waals surface area contributed by atoms with Gasteiger partial charge in [-0.1, -0.05) is 0 Å². The van der Waals surface area contributed by atoms with E-state index in [0.717, 1.165) is 42.6 Å². The van der Waals surface area contributed by atoms with E-state index in [2.05, 4.69) is 0 Å². The van der Waals surface area contributed by atoms with Gasteiger partial charge in [-0.2, -0.15) is 0 Å². The molecule has 134 valence electrons. The fourth-order valence-electron chi connectivity index (χ4n) is 3.76. The maximum absolute atomic E-state index is 12.7. The molecule has 0 radical (unpaired) electrons. The van der Waals surface area contributed by atoms with E-state index < -0.39 is 0 Å². The number of anilines is 1. The molecule has 0 atom stereocenters. The molecule has 0 N–H and O–H groups in total. The van der Waals surface area contributed by atoms with Crippen LogP contribution in [0.2, 0.25) is 0 Å². The fraction of sp³-hybridized carbons (Fsp3) is 0.526. The number of rotatable bonds is 4. The van der Waals surface area contributed by atoms with Crippen molar-refractivity contribution in [1.82, 2.24) is 4.90 Å². The first-order chi connectivity index (χ1) is 12.0. The van der Waals surface area contributed by atoms with Crippen LogP contribution in [0.1, 0.15) is 47.2 Å². The minimum atomic E-state index is -0.359. The molecular weight excluding hydrogens is 320 g/mol. The number of hydrogen-bond acceptors (Lipinski definition) is 4. The molecule has 1 fully saturated rings. The number of fused-ring (bicyclic) bond motifs is 1. The van der Waals surface area contributed by atoms with Gasteiger partial charge in [0.1, 0.15) is 0 Å². The van der Waals surface area contributed by atoms with Crippen molar-refractivity contribution in [3.05, 3.63) is 28.8 Å². The summed E-state index contributed by atoms with van der Waals surface area (Å²) >= 11 is 0. The average molecular weight is 344 g/mol. The van der Waals surface area contributed by atoms with Crippen molar-refractivity contribution in [2.75, 3.05) is 31.6 Å². The Labute approximate surface area is 147 Å². The van der Waals surface area contributed by atoms with Gasteiger partial charge in [0.05, 0.1) is 12.7 Å². The first-order valence-corrected chi connectivity index (χ1v) is 8.81. The third kappa shape index (κ3) is 3.52. The van der Waals surface area contributed by atoms with Gasteiger partial charge in [0.2, 0.25) is 11.8 Å². The van der Waals surface area contributed by atoms with Crippen LogP contribution in [0.4, 0.5) is 5.69 Å². The lowest BCUT2D eigenvalue weighted by atomic mass is 9.95. The predicted molar refractivity (Wildman–Crippen MR) is 93.6 cm³/mol. The van der Waals surface area contributed by atoms with Crippen LogP contribution in [-0.4, -0.2) is 49.4 Å². The van der Waals surface area contributed by atoms with Crippen molar-refractivity contribution < 1.29 is 19.1 Å². The number of esters is 1. The summed E-state index contributed by atoms with van der Waals surface area (Å²) in [5.41, 5.74) is 3.35. The highest BCUT2D eigenvalue weighted by Crippen LogP contribution is 2.32. The molecule has 6 heteroatoms. The van der Waals surface area contributed by atoms with Crippen LogP contribution in [0.5, 0.6) is 0 Å². The van der Waals surface area contributed by atoms with E-state index in [-0.39, 0.29) is 17.8 Å². The standard InChI is InChI=1S/C19H24N2O4/c1-13-11-15(19(24)25-2)12-14-5-3-9-21(18(13)14)17(23)7-10-20-8-4-6-16(20)22/h11-12H,3-10H2,1-2H3. The van der Waals surface area contributed by atoms with Crippen molar-refractivity contribution in [2.24, 2.45) is 0 Å². The molecule has 1 saturated heterocycles. The largest absolute Gasteiger partial charge is 0.465 e. The number of hydrogen-bond donors (Lipinski definition) is 0.